The van der Waals surface area contributed by atoms with Crippen LogP contribution < -0.4 is 5.32 Å². The molecule has 1 unspecified atom stereocenters. The van der Waals surface area contributed by atoms with Crippen molar-refractivity contribution >= 4 is 11.8 Å². The Balaban J connectivity index is 2.23. The van der Waals surface area contributed by atoms with Crippen LogP contribution in [0.4, 0.5) is 0 Å². The molecule has 0 heterocycles. The van der Waals surface area contributed by atoms with E-state index in [0.717, 1.165) is 12.1 Å². The third-order valence-corrected chi connectivity index (χ3v) is 4.55. The topological polar surface area (TPSA) is 35.8 Å². The van der Waals surface area contributed by atoms with Crippen LogP contribution in [-0.2, 0) is 5.54 Å². The molecule has 1 N–H and O–H groups in total. The van der Waals surface area contributed by atoms with E-state index >= 15 is 0 Å². The molecule has 2 nitrogen and oxygen atoms in total. The van der Waals surface area contributed by atoms with Gasteiger partial charge in [0.15, 0.2) is 0 Å². The van der Waals surface area contributed by atoms with Crippen LogP contribution >= 0.6 is 11.8 Å². The lowest BCUT2D eigenvalue weighted by Crippen LogP contribution is -2.43. The van der Waals surface area contributed by atoms with Gasteiger partial charge in [-0.15, -0.1) is 11.8 Å². The summed E-state index contributed by atoms with van der Waals surface area (Å²) in [5, 5.41) is 13.1. The fourth-order valence-corrected chi connectivity index (χ4v) is 3.45. The van der Waals surface area contributed by atoms with Gasteiger partial charge < -0.3 is 0 Å². The molecule has 0 amide bonds. The van der Waals surface area contributed by atoms with Gasteiger partial charge in [0.05, 0.1) is 6.07 Å². The van der Waals surface area contributed by atoms with E-state index in [2.05, 4.69) is 42.6 Å². The van der Waals surface area contributed by atoms with E-state index in [1.165, 1.54) is 10.5 Å². The van der Waals surface area contributed by atoms with E-state index in [1.807, 2.05) is 37.3 Å². The highest BCUT2D eigenvalue weighted by Gasteiger charge is 2.31. The van der Waals surface area contributed by atoms with Gasteiger partial charge in [-0.1, -0.05) is 55.0 Å². The molecule has 108 valence electrons. The number of hydrogen-bond donors (Lipinski definition) is 1. The molecule has 0 aliphatic carbocycles. The Labute approximate surface area is 131 Å². The fraction of sp³-hybridized carbons (Fsp3) is 0.278. The number of nitrogens with zero attached hydrogens (tertiary/aromatic N) is 1. The van der Waals surface area contributed by atoms with E-state index in [0.29, 0.717) is 5.75 Å². The summed E-state index contributed by atoms with van der Waals surface area (Å²) in [6.07, 6.45) is 0. The Morgan fingerprint density at radius 3 is 2.52 bits per heavy atom. The van der Waals surface area contributed by atoms with Crippen LogP contribution in [0.2, 0.25) is 0 Å². The summed E-state index contributed by atoms with van der Waals surface area (Å²) in [6, 6.07) is 20.9. The van der Waals surface area contributed by atoms with Gasteiger partial charge in [0.1, 0.15) is 5.54 Å². The molecule has 0 aliphatic heterocycles. The summed E-state index contributed by atoms with van der Waals surface area (Å²) >= 11 is 1.72. The van der Waals surface area contributed by atoms with E-state index in [1.54, 1.807) is 11.8 Å². The normalized spacial score (nSPS) is 13.4. The van der Waals surface area contributed by atoms with Crippen LogP contribution in [0, 0.1) is 18.3 Å². The second-order valence-corrected chi connectivity index (χ2v) is 6.07. The van der Waals surface area contributed by atoms with Crippen molar-refractivity contribution in [3.8, 4) is 6.07 Å². The van der Waals surface area contributed by atoms with Gasteiger partial charge in [0.25, 0.3) is 0 Å². The van der Waals surface area contributed by atoms with Gasteiger partial charge in [0.2, 0.25) is 0 Å². The molecule has 3 heteroatoms. The third kappa shape index (κ3) is 3.87. The van der Waals surface area contributed by atoms with Crippen molar-refractivity contribution in [2.75, 3.05) is 12.3 Å². The largest absolute Gasteiger partial charge is 0.295 e. The lowest BCUT2D eigenvalue weighted by Gasteiger charge is -2.27. The maximum Gasteiger partial charge on any atom is 0.141 e. The molecule has 0 saturated carbocycles. The lowest BCUT2D eigenvalue weighted by molar-refractivity contribution is 0.490. The molecule has 0 spiro atoms. The summed E-state index contributed by atoms with van der Waals surface area (Å²) in [4.78, 5) is 1.20. The highest BCUT2D eigenvalue weighted by atomic mass is 32.2. The van der Waals surface area contributed by atoms with Crippen molar-refractivity contribution in [1.82, 2.24) is 5.32 Å². The number of nitriles is 1. The molecule has 0 saturated heterocycles. The van der Waals surface area contributed by atoms with Crippen molar-refractivity contribution in [3.63, 3.8) is 0 Å². The SMILES string of the molecule is CCNC(C#N)(CSc1cccc(C)c1)c1ccccc1. The Kier molecular flexibility index (Phi) is 5.44. The minimum absolute atomic E-state index is 0.648. The predicted molar refractivity (Wildman–Crippen MR) is 89.3 cm³/mol. The van der Waals surface area contributed by atoms with Crippen LogP contribution in [-0.4, -0.2) is 12.3 Å². The second-order valence-electron chi connectivity index (χ2n) is 5.02. The van der Waals surface area contributed by atoms with Crippen LogP contribution in [0.1, 0.15) is 18.1 Å². The summed E-state index contributed by atoms with van der Waals surface area (Å²) in [5.41, 5.74) is 1.62. The Hall–Kier alpha value is -1.76. The molecule has 0 bridgehead atoms. The first-order valence-corrected chi connectivity index (χ1v) is 8.10. The maximum absolute atomic E-state index is 9.77. The molecular formula is C18H20N2S. The molecule has 21 heavy (non-hydrogen) atoms. The highest BCUT2D eigenvalue weighted by molar-refractivity contribution is 7.99. The van der Waals surface area contributed by atoms with E-state index in [9.17, 15) is 5.26 Å². The average molecular weight is 296 g/mol. The van der Waals surface area contributed by atoms with Crippen LogP contribution in [0.3, 0.4) is 0 Å². The quantitative estimate of drug-likeness (QED) is 0.815. The number of thioether (sulfide) groups is 1. The molecule has 1 atom stereocenters. The van der Waals surface area contributed by atoms with E-state index in [-0.39, 0.29) is 0 Å². The van der Waals surface area contributed by atoms with Crippen molar-refractivity contribution in [1.29, 1.82) is 5.26 Å². The molecule has 0 radical (unpaired) electrons. The Morgan fingerprint density at radius 2 is 1.90 bits per heavy atom. The van der Waals surface area contributed by atoms with Crippen molar-refractivity contribution in [2.24, 2.45) is 0 Å². The summed E-state index contributed by atoms with van der Waals surface area (Å²) in [6.45, 7) is 4.88. The van der Waals surface area contributed by atoms with Crippen molar-refractivity contribution < 1.29 is 0 Å². The molecule has 0 aliphatic rings. The summed E-state index contributed by atoms with van der Waals surface area (Å²) in [7, 11) is 0. The first-order valence-electron chi connectivity index (χ1n) is 7.11. The third-order valence-electron chi connectivity index (χ3n) is 3.38. The number of nitrogens with one attached hydrogen (secondary N) is 1. The van der Waals surface area contributed by atoms with E-state index in [4.69, 9.17) is 0 Å². The molecular weight excluding hydrogens is 276 g/mol. The first-order chi connectivity index (χ1) is 10.2. The van der Waals surface area contributed by atoms with Gasteiger partial charge in [-0.05, 0) is 31.2 Å². The lowest BCUT2D eigenvalue weighted by atomic mass is 9.93. The zero-order valence-electron chi connectivity index (χ0n) is 12.5. The number of benzene rings is 2. The molecule has 0 aromatic heterocycles. The Bertz CT molecular complexity index is 619. The fourth-order valence-electron chi connectivity index (χ4n) is 2.29. The number of hydrogen-bond acceptors (Lipinski definition) is 3. The summed E-state index contributed by atoms with van der Waals surface area (Å²) in [5.74, 6) is 0.685. The van der Waals surface area contributed by atoms with Gasteiger partial charge >= 0.3 is 0 Å². The molecule has 2 rings (SSSR count). The van der Waals surface area contributed by atoms with Crippen LogP contribution in [0.15, 0.2) is 59.5 Å². The van der Waals surface area contributed by atoms with Crippen LogP contribution in [0.25, 0.3) is 0 Å². The minimum atomic E-state index is -0.648. The Morgan fingerprint density at radius 1 is 1.14 bits per heavy atom. The van der Waals surface area contributed by atoms with Gasteiger partial charge in [-0.25, -0.2) is 0 Å². The van der Waals surface area contributed by atoms with Crippen molar-refractivity contribution in [2.45, 2.75) is 24.3 Å². The summed E-state index contributed by atoms with van der Waals surface area (Å²) < 4.78 is 0. The first kappa shape index (κ1) is 15.6. The number of aryl methyl sites for hydroxylation is 1. The van der Waals surface area contributed by atoms with Gasteiger partial charge in [-0.2, -0.15) is 5.26 Å². The zero-order valence-corrected chi connectivity index (χ0v) is 13.3. The van der Waals surface area contributed by atoms with Crippen molar-refractivity contribution in [3.05, 3.63) is 65.7 Å². The predicted octanol–water partition coefficient (Wildman–Crippen LogP) is 4.12. The van der Waals surface area contributed by atoms with Gasteiger partial charge in [-0.3, -0.25) is 5.32 Å². The average Bonchev–Trinajstić information content (AvgIpc) is 2.52. The molecule has 2 aromatic carbocycles. The second kappa shape index (κ2) is 7.31. The van der Waals surface area contributed by atoms with E-state index < -0.39 is 5.54 Å². The number of rotatable bonds is 6. The molecule has 0 fully saturated rings. The smallest absolute Gasteiger partial charge is 0.141 e. The zero-order chi connectivity index (χ0) is 15.1. The standard InChI is InChI=1S/C18H20N2S/c1-3-20-18(13-19,16-9-5-4-6-10-16)14-21-17-11-7-8-15(2)12-17/h4-12,20H,3,14H2,1-2H3. The van der Waals surface area contributed by atoms with Crippen LogP contribution in [0.5, 0.6) is 0 Å². The minimum Gasteiger partial charge on any atom is -0.295 e. The monoisotopic (exact) mass is 296 g/mol. The highest BCUT2D eigenvalue weighted by Crippen LogP contribution is 2.29. The van der Waals surface area contributed by atoms with Gasteiger partial charge in [0, 0.05) is 10.6 Å². The molecule has 2 aromatic rings. The maximum atomic E-state index is 9.77.